The van der Waals surface area contributed by atoms with Gasteiger partial charge in [0.1, 0.15) is 58.6 Å². The van der Waals surface area contributed by atoms with Gasteiger partial charge in [0, 0.05) is 19.3 Å². The van der Waals surface area contributed by atoms with E-state index in [0.29, 0.717) is 35.5 Å². The van der Waals surface area contributed by atoms with E-state index >= 15 is 0 Å². The van der Waals surface area contributed by atoms with Gasteiger partial charge >= 0.3 is 24.4 Å². The van der Waals surface area contributed by atoms with Gasteiger partial charge in [-0.3, -0.25) is 21.3 Å². The molecule has 4 amide bonds. The van der Waals surface area contributed by atoms with Crippen LogP contribution in [0.5, 0.6) is 23.0 Å². The lowest BCUT2D eigenvalue weighted by molar-refractivity contribution is 0.0521. The zero-order valence-electron chi connectivity index (χ0n) is 59.1. The van der Waals surface area contributed by atoms with Crippen LogP contribution in [0.25, 0.3) is 0 Å². The summed E-state index contributed by atoms with van der Waals surface area (Å²) in [7, 11) is 0. The SMILES string of the molecule is CCc1cc(C(C)(C)C)cc(Cc2cc(C(C)(C)C)cc(Cc3cc(C(C)(C)C)cc(Cc4cc(C(C)(C)C)cc(C)c4OCCN=C(NC(=O)OC(C)(C)C)NC(=O)OC(C)(C)C)c3O)c2OCCN=C(NC(=O)OC(C)(C)C)NC(=O)OC(C)(C)C)c1O. The number of guanidine groups is 2. The Labute approximate surface area is 537 Å². The van der Waals surface area contributed by atoms with Gasteiger partial charge in [-0.05, 0) is 185 Å². The first-order valence-corrected chi connectivity index (χ1v) is 31.3. The van der Waals surface area contributed by atoms with E-state index in [0.717, 1.165) is 55.6 Å². The number of rotatable bonds is 15. The van der Waals surface area contributed by atoms with Crippen LogP contribution in [0, 0.1) is 6.92 Å². The molecule has 6 N–H and O–H groups in total. The third-order valence-electron chi connectivity index (χ3n) is 13.8. The lowest BCUT2D eigenvalue weighted by Crippen LogP contribution is -2.47. The molecular weight excluding hydrogens is 1140 g/mol. The average Bonchev–Trinajstić information content (AvgIpc) is 0.802. The number of carbonyl (C=O) groups excluding carboxylic acids is 4. The summed E-state index contributed by atoms with van der Waals surface area (Å²) in [4.78, 5) is 61.1. The fourth-order valence-corrected chi connectivity index (χ4v) is 9.36. The highest BCUT2D eigenvalue weighted by molar-refractivity contribution is 6.02. The second-order valence-electron chi connectivity index (χ2n) is 31.2. The third kappa shape index (κ3) is 24.4. The fourth-order valence-electron chi connectivity index (χ4n) is 9.36. The van der Waals surface area contributed by atoms with Crippen molar-refractivity contribution in [1.82, 2.24) is 21.3 Å². The average molecular weight is 1250 g/mol. The van der Waals surface area contributed by atoms with Crippen molar-refractivity contribution in [3.63, 3.8) is 0 Å². The van der Waals surface area contributed by atoms with Gasteiger partial charge in [-0.2, -0.15) is 0 Å². The molecule has 18 heteroatoms. The van der Waals surface area contributed by atoms with Crippen LogP contribution in [-0.4, -0.2) is 95.2 Å². The Balaban J connectivity index is 1.96. The number of aryl methyl sites for hydroxylation is 2. The summed E-state index contributed by atoms with van der Waals surface area (Å²) in [5.41, 5.74) is 5.70. The summed E-state index contributed by atoms with van der Waals surface area (Å²) in [6.45, 7) is 50.4. The van der Waals surface area contributed by atoms with E-state index in [1.54, 1.807) is 83.1 Å². The Morgan fingerprint density at radius 1 is 0.378 bits per heavy atom. The van der Waals surface area contributed by atoms with Crippen molar-refractivity contribution in [3.05, 3.63) is 115 Å². The first-order valence-electron chi connectivity index (χ1n) is 31.3. The van der Waals surface area contributed by atoms with E-state index in [1.807, 2.05) is 13.8 Å². The summed E-state index contributed by atoms with van der Waals surface area (Å²) in [5, 5.41) is 35.1. The number of hydrogen-bond donors (Lipinski definition) is 6. The number of ether oxygens (including phenoxy) is 6. The fraction of sp³-hybridized carbons (Fsp3) is 0.583. The molecule has 0 fully saturated rings. The quantitative estimate of drug-likeness (QED) is 0.0282. The number of nitrogens with one attached hydrogen (secondary N) is 4. The minimum absolute atomic E-state index is 0.0105. The summed E-state index contributed by atoms with van der Waals surface area (Å²) in [5.74, 6) is 1.06. The van der Waals surface area contributed by atoms with Gasteiger partial charge in [0.2, 0.25) is 11.9 Å². The number of benzene rings is 4. The van der Waals surface area contributed by atoms with Gasteiger partial charge in [-0.15, -0.1) is 0 Å². The molecule has 0 aliphatic rings. The highest BCUT2D eigenvalue weighted by atomic mass is 16.6. The zero-order chi connectivity index (χ0) is 68.5. The maximum absolute atomic E-state index is 13.1. The lowest BCUT2D eigenvalue weighted by Gasteiger charge is -2.27. The lowest BCUT2D eigenvalue weighted by atomic mass is 9.80. The van der Waals surface area contributed by atoms with Crippen LogP contribution in [0.1, 0.15) is 240 Å². The maximum Gasteiger partial charge on any atom is 0.414 e. The van der Waals surface area contributed by atoms with Gasteiger partial charge < -0.3 is 38.6 Å². The first kappa shape index (κ1) is 75.0. The molecule has 498 valence electrons. The number of hydrogen-bond acceptors (Lipinski definition) is 14. The van der Waals surface area contributed by atoms with Crippen molar-refractivity contribution < 1.29 is 57.8 Å². The van der Waals surface area contributed by atoms with Crippen LogP contribution in [0.3, 0.4) is 0 Å². The number of phenols is 2. The molecule has 0 aliphatic heterocycles. The highest BCUT2D eigenvalue weighted by Crippen LogP contribution is 2.42. The maximum atomic E-state index is 13.1. The van der Waals surface area contributed by atoms with Crippen molar-refractivity contribution in [2.75, 3.05) is 26.3 Å². The Morgan fingerprint density at radius 3 is 0.900 bits per heavy atom. The van der Waals surface area contributed by atoms with Crippen molar-refractivity contribution in [2.45, 2.75) is 250 Å². The van der Waals surface area contributed by atoms with Gasteiger partial charge in [-0.1, -0.05) is 139 Å². The Hall–Kier alpha value is -7.50. The van der Waals surface area contributed by atoms with Gasteiger partial charge in [0.05, 0.1) is 13.1 Å². The monoisotopic (exact) mass is 1250 g/mol. The van der Waals surface area contributed by atoms with E-state index in [-0.39, 0.29) is 84.2 Å². The number of aliphatic imine (C=N–C) groups is 2. The molecule has 0 radical (unpaired) electrons. The summed E-state index contributed by atoms with van der Waals surface area (Å²) in [6, 6.07) is 16.7. The molecule has 0 aromatic heterocycles. The number of carbonyl (C=O) groups is 4. The second-order valence-corrected chi connectivity index (χ2v) is 31.2. The molecule has 0 aliphatic carbocycles. The van der Waals surface area contributed by atoms with Crippen molar-refractivity contribution in [1.29, 1.82) is 0 Å². The Kier molecular flexibility index (Phi) is 24.3. The zero-order valence-corrected chi connectivity index (χ0v) is 59.1. The number of aromatic hydroxyl groups is 2. The van der Waals surface area contributed by atoms with Crippen LogP contribution in [-0.2, 0) is 66.3 Å². The summed E-state index contributed by atoms with van der Waals surface area (Å²) in [6.07, 6.45) is -1.89. The molecular formula is C72H108N6O12. The highest BCUT2D eigenvalue weighted by Gasteiger charge is 2.29. The van der Waals surface area contributed by atoms with Crippen LogP contribution in [0.4, 0.5) is 19.2 Å². The molecule has 0 bridgehead atoms. The number of nitrogens with zero attached hydrogens (tertiary/aromatic N) is 2. The van der Waals surface area contributed by atoms with Gasteiger partial charge in [0.15, 0.2) is 0 Å². The molecule has 18 nitrogen and oxygen atoms in total. The van der Waals surface area contributed by atoms with Crippen molar-refractivity contribution >= 4 is 36.3 Å². The van der Waals surface area contributed by atoms with Gasteiger partial charge in [0.25, 0.3) is 0 Å². The molecule has 0 unspecified atom stereocenters. The molecule has 4 aromatic carbocycles. The molecule has 0 spiro atoms. The smallest absolute Gasteiger partial charge is 0.414 e. The molecule has 90 heavy (non-hydrogen) atoms. The van der Waals surface area contributed by atoms with Crippen LogP contribution in [0.15, 0.2) is 58.5 Å². The number of amides is 4. The van der Waals surface area contributed by atoms with Crippen molar-refractivity contribution in [2.24, 2.45) is 9.98 Å². The normalized spacial score (nSPS) is 12.5. The molecule has 0 atom stereocenters. The number of alkyl carbamates (subject to hydrolysis) is 4. The van der Waals surface area contributed by atoms with E-state index in [1.165, 1.54) is 0 Å². The van der Waals surface area contributed by atoms with Crippen LogP contribution < -0.4 is 30.7 Å². The Morgan fingerprint density at radius 2 is 0.622 bits per heavy atom. The van der Waals surface area contributed by atoms with Gasteiger partial charge in [-0.25, -0.2) is 29.2 Å². The first-order chi connectivity index (χ1) is 40.9. The largest absolute Gasteiger partial charge is 0.507 e. The second kappa shape index (κ2) is 29.2. The minimum Gasteiger partial charge on any atom is -0.507 e. The standard InChI is InChI=1S/C72H108N6O12/c1-27-44-36-52(66(6,7)8)37-45(55(44)79)34-49-41-54(68(12,13)14)42-50(58(49)86-31-29-74-60(77-63(83)89-71(21,22)23)78-64(84)90-72(24,25)26)35-47-39-53(67(9,10)11)38-46(56(47)80)33-48-40-51(65(3,4)5)32-43(2)57(48)85-30-28-73-59(75-61(81)87-69(15,16)17)76-62(82)88-70(18,19)20/h32,36-42,79-80H,27-31,33-35H2,1-26H3,(H2,73,75,76,81,82)(H2,74,77,78,83,84). The van der Waals surface area contributed by atoms with E-state index in [2.05, 4.69) is 163 Å². The van der Waals surface area contributed by atoms with Crippen molar-refractivity contribution in [3.8, 4) is 23.0 Å². The predicted octanol–water partition coefficient (Wildman–Crippen LogP) is 15.5. The van der Waals surface area contributed by atoms with E-state index in [9.17, 15) is 29.4 Å². The molecule has 4 aromatic rings. The molecule has 0 heterocycles. The molecule has 0 saturated carbocycles. The van der Waals surface area contributed by atoms with E-state index < -0.39 is 46.8 Å². The number of phenolic OH excluding ortho intramolecular Hbond substituents is 2. The summed E-state index contributed by atoms with van der Waals surface area (Å²) >= 11 is 0. The Bertz CT molecular complexity index is 3200. The van der Waals surface area contributed by atoms with Crippen LogP contribution in [0.2, 0.25) is 0 Å². The molecule has 0 saturated heterocycles. The summed E-state index contributed by atoms with van der Waals surface area (Å²) < 4.78 is 35.5. The topological polar surface area (TPSA) is 237 Å². The molecule has 4 rings (SSSR count). The van der Waals surface area contributed by atoms with Crippen LogP contribution >= 0.6 is 0 Å². The minimum atomic E-state index is -0.845. The third-order valence-corrected chi connectivity index (χ3v) is 13.8. The predicted molar refractivity (Wildman–Crippen MR) is 360 cm³/mol. The van der Waals surface area contributed by atoms with E-state index in [4.69, 9.17) is 28.4 Å².